The van der Waals surface area contributed by atoms with E-state index < -0.39 is 5.82 Å². The lowest BCUT2D eigenvalue weighted by molar-refractivity contribution is -0.113. The fraction of sp³-hybridized carbons (Fsp3) is 0.0833. The molecule has 1 saturated heterocycles. The number of rotatable bonds is 6. The van der Waals surface area contributed by atoms with Crippen LogP contribution in [0.5, 0.6) is 11.5 Å². The van der Waals surface area contributed by atoms with Crippen molar-refractivity contribution in [3.05, 3.63) is 91.5 Å². The standard InChI is InChI=1S/C24H15Cl3FNO3S2/c1-31-20-4-2-3-13(22(20)32-12-14-5-6-15(25)10-17(14)26)9-21-23(30)29(24(33)34-21)16-7-8-19(28)18(27)11-16/h2-11H,12H2,1H3/b21-9+. The van der Waals surface area contributed by atoms with Gasteiger partial charge in [-0.2, -0.15) is 0 Å². The summed E-state index contributed by atoms with van der Waals surface area (Å²) in [5.41, 5.74) is 1.74. The number of anilines is 1. The number of amides is 1. The van der Waals surface area contributed by atoms with E-state index in [0.717, 1.165) is 17.3 Å². The van der Waals surface area contributed by atoms with Crippen molar-refractivity contribution in [2.45, 2.75) is 6.61 Å². The highest BCUT2D eigenvalue weighted by Crippen LogP contribution is 2.40. The summed E-state index contributed by atoms with van der Waals surface area (Å²) in [6, 6.07) is 14.5. The minimum absolute atomic E-state index is 0.0973. The number of benzene rings is 3. The van der Waals surface area contributed by atoms with Crippen LogP contribution in [0.25, 0.3) is 6.08 Å². The number of hydrogen-bond acceptors (Lipinski definition) is 5. The van der Waals surface area contributed by atoms with Crippen LogP contribution in [0.15, 0.2) is 59.5 Å². The maximum Gasteiger partial charge on any atom is 0.270 e. The van der Waals surface area contributed by atoms with E-state index in [2.05, 4.69) is 0 Å². The van der Waals surface area contributed by atoms with Crippen molar-refractivity contribution >= 4 is 80.8 Å². The van der Waals surface area contributed by atoms with E-state index >= 15 is 0 Å². The molecule has 34 heavy (non-hydrogen) atoms. The second kappa shape index (κ2) is 10.5. The molecule has 0 N–H and O–H groups in total. The van der Waals surface area contributed by atoms with Gasteiger partial charge in [0.2, 0.25) is 0 Å². The van der Waals surface area contributed by atoms with Crippen LogP contribution in [-0.4, -0.2) is 17.3 Å². The maximum atomic E-state index is 13.6. The highest BCUT2D eigenvalue weighted by atomic mass is 35.5. The lowest BCUT2D eigenvalue weighted by atomic mass is 10.1. The molecule has 3 aromatic carbocycles. The molecule has 0 unspecified atom stereocenters. The monoisotopic (exact) mass is 553 g/mol. The molecule has 0 aromatic heterocycles. The Morgan fingerprint density at radius 2 is 1.88 bits per heavy atom. The zero-order chi connectivity index (χ0) is 24.4. The second-order valence-electron chi connectivity index (χ2n) is 7.02. The van der Waals surface area contributed by atoms with Gasteiger partial charge in [0.15, 0.2) is 15.8 Å². The van der Waals surface area contributed by atoms with Crippen molar-refractivity contribution in [3.8, 4) is 11.5 Å². The summed E-state index contributed by atoms with van der Waals surface area (Å²) in [7, 11) is 1.53. The first kappa shape index (κ1) is 24.8. The van der Waals surface area contributed by atoms with Crippen LogP contribution in [0.3, 0.4) is 0 Å². The molecule has 1 aliphatic heterocycles. The van der Waals surface area contributed by atoms with Crippen LogP contribution in [0.2, 0.25) is 15.1 Å². The number of hydrogen-bond donors (Lipinski definition) is 0. The molecule has 174 valence electrons. The Labute approximate surface area is 220 Å². The molecule has 0 radical (unpaired) electrons. The largest absolute Gasteiger partial charge is 0.493 e. The lowest BCUT2D eigenvalue weighted by Crippen LogP contribution is -2.27. The number of carbonyl (C=O) groups is 1. The van der Waals surface area contributed by atoms with Gasteiger partial charge in [-0.15, -0.1) is 0 Å². The number of ether oxygens (including phenoxy) is 2. The first-order valence-electron chi connectivity index (χ1n) is 9.75. The quantitative estimate of drug-likeness (QED) is 0.230. The number of thiocarbonyl (C=S) groups is 1. The molecule has 0 atom stereocenters. The summed E-state index contributed by atoms with van der Waals surface area (Å²) in [5, 5.41) is 0.902. The minimum Gasteiger partial charge on any atom is -0.493 e. The zero-order valence-electron chi connectivity index (χ0n) is 17.5. The summed E-state index contributed by atoms with van der Waals surface area (Å²) in [4.78, 5) is 14.8. The summed E-state index contributed by atoms with van der Waals surface area (Å²) < 4.78 is 25.4. The molecule has 1 amide bonds. The molecule has 3 aromatic rings. The van der Waals surface area contributed by atoms with E-state index in [0.29, 0.717) is 42.0 Å². The topological polar surface area (TPSA) is 38.8 Å². The van der Waals surface area contributed by atoms with E-state index in [-0.39, 0.29) is 17.5 Å². The first-order chi connectivity index (χ1) is 16.3. The number of nitrogens with zero attached hydrogens (tertiary/aromatic N) is 1. The van der Waals surface area contributed by atoms with Gasteiger partial charge in [-0.3, -0.25) is 9.69 Å². The first-order valence-corrected chi connectivity index (χ1v) is 12.1. The predicted molar refractivity (Wildman–Crippen MR) is 141 cm³/mol. The van der Waals surface area contributed by atoms with Crippen LogP contribution in [0.1, 0.15) is 11.1 Å². The van der Waals surface area contributed by atoms with Crippen molar-refractivity contribution in [3.63, 3.8) is 0 Å². The van der Waals surface area contributed by atoms with Gasteiger partial charge in [-0.05, 0) is 42.5 Å². The van der Waals surface area contributed by atoms with Gasteiger partial charge in [0.05, 0.1) is 22.7 Å². The highest BCUT2D eigenvalue weighted by Gasteiger charge is 2.34. The molecule has 0 bridgehead atoms. The minimum atomic E-state index is -0.578. The van der Waals surface area contributed by atoms with Gasteiger partial charge >= 0.3 is 0 Å². The van der Waals surface area contributed by atoms with Crippen molar-refractivity contribution in [2.75, 3.05) is 12.0 Å². The van der Waals surface area contributed by atoms with E-state index in [9.17, 15) is 9.18 Å². The summed E-state index contributed by atoms with van der Waals surface area (Å²) in [6.45, 7) is 0.159. The summed E-state index contributed by atoms with van der Waals surface area (Å²) >= 11 is 24.7. The zero-order valence-corrected chi connectivity index (χ0v) is 21.4. The van der Waals surface area contributed by atoms with Crippen molar-refractivity contribution in [1.29, 1.82) is 0 Å². The second-order valence-corrected chi connectivity index (χ2v) is 9.95. The van der Waals surface area contributed by atoms with Crippen LogP contribution >= 0.6 is 58.8 Å². The summed E-state index contributed by atoms with van der Waals surface area (Å²) in [5.74, 6) is -0.0108. The SMILES string of the molecule is COc1cccc(/C=C2/SC(=S)N(c3ccc(F)c(Cl)c3)C2=O)c1OCc1ccc(Cl)cc1Cl. The maximum absolute atomic E-state index is 13.6. The van der Waals surface area contributed by atoms with Gasteiger partial charge in [-0.1, -0.05) is 77.0 Å². The fourth-order valence-electron chi connectivity index (χ4n) is 3.21. The van der Waals surface area contributed by atoms with Crippen LogP contribution < -0.4 is 14.4 Å². The van der Waals surface area contributed by atoms with Crippen LogP contribution in [0, 0.1) is 5.82 Å². The average Bonchev–Trinajstić information content (AvgIpc) is 3.08. The third-order valence-corrected chi connectivity index (χ3v) is 7.04. The van der Waals surface area contributed by atoms with Crippen molar-refractivity contribution in [2.24, 2.45) is 0 Å². The molecule has 1 heterocycles. The summed E-state index contributed by atoms with van der Waals surface area (Å²) in [6.07, 6.45) is 1.67. The molecule has 0 aliphatic carbocycles. The van der Waals surface area contributed by atoms with Gasteiger partial charge in [0.25, 0.3) is 5.91 Å². The molecule has 0 spiro atoms. The van der Waals surface area contributed by atoms with Crippen molar-refractivity contribution < 1.29 is 18.7 Å². The normalized spacial score (nSPS) is 14.7. The molecule has 10 heteroatoms. The lowest BCUT2D eigenvalue weighted by Gasteiger charge is -2.15. The Balaban J connectivity index is 1.65. The number of halogens is 4. The third kappa shape index (κ3) is 5.19. The average molecular weight is 555 g/mol. The van der Waals surface area contributed by atoms with Gasteiger partial charge in [0, 0.05) is 21.2 Å². The molecule has 0 saturated carbocycles. The third-order valence-electron chi connectivity index (χ3n) is 4.86. The molecular formula is C24H15Cl3FNO3S2. The van der Waals surface area contributed by atoms with Gasteiger partial charge in [-0.25, -0.2) is 4.39 Å². The van der Waals surface area contributed by atoms with E-state index in [1.165, 1.54) is 30.2 Å². The Bertz CT molecular complexity index is 1330. The van der Waals surface area contributed by atoms with Crippen LogP contribution in [-0.2, 0) is 11.4 Å². The van der Waals surface area contributed by atoms with Crippen LogP contribution in [0.4, 0.5) is 10.1 Å². The Morgan fingerprint density at radius 3 is 2.59 bits per heavy atom. The van der Waals surface area contributed by atoms with E-state index in [1.54, 1.807) is 42.5 Å². The number of thioether (sulfide) groups is 1. The van der Waals surface area contributed by atoms with E-state index in [1.807, 2.05) is 0 Å². The number of carbonyl (C=O) groups excluding carboxylic acids is 1. The smallest absolute Gasteiger partial charge is 0.270 e. The van der Waals surface area contributed by atoms with Crippen molar-refractivity contribution in [1.82, 2.24) is 0 Å². The Morgan fingerprint density at radius 1 is 1.09 bits per heavy atom. The highest BCUT2D eigenvalue weighted by molar-refractivity contribution is 8.27. The number of methoxy groups -OCH3 is 1. The van der Waals surface area contributed by atoms with Gasteiger partial charge < -0.3 is 9.47 Å². The predicted octanol–water partition coefficient (Wildman–Crippen LogP) is 7.78. The molecule has 4 rings (SSSR count). The molecule has 1 aliphatic rings. The number of para-hydroxylation sites is 1. The Kier molecular flexibility index (Phi) is 7.70. The molecule has 4 nitrogen and oxygen atoms in total. The fourth-order valence-corrected chi connectivity index (χ4v) is 5.13. The van der Waals surface area contributed by atoms with Gasteiger partial charge in [0.1, 0.15) is 12.4 Å². The molecule has 1 fully saturated rings. The van der Waals surface area contributed by atoms with E-state index in [4.69, 9.17) is 56.5 Å². The molecular weight excluding hydrogens is 540 g/mol. The Hall–Kier alpha value is -2.29.